The highest BCUT2D eigenvalue weighted by Gasteiger charge is 2.46. The average Bonchev–Trinajstić information content (AvgIpc) is 2.94. The molecule has 8 heteroatoms. The van der Waals surface area contributed by atoms with E-state index in [0.29, 0.717) is 53.7 Å². The third-order valence-electron chi connectivity index (χ3n) is 7.45. The van der Waals surface area contributed by atoms with Crippen LogP contribution >= 0.6 is 0 Å². The number of carbonyl (C=O) groups is 2. The van der Waals surface area contributed by atoms with Crippen molar-refractivity contribution in [2.45, 2.75) is 52.4 Å². The smallest absolute Gasteiger partial charge is 0.336 e. The van der Waals surface area contributed by atoms with Gasteiger partial charge in [-0.3, -0.25) is 9.79 Å². The van der Waals surface area contributed by atoms with Gasteiger partial charge in [0.1, 0.15) is 5.78 Å². The minimum atomic E-state index is -0.579. The summed E-state index contributed by atoms with van der Waals surface area (Å²) in [4.78, 5) is 32.3. The van der Waals surface area contributed by atoms with Gasteiger partial charge in [0.15, 0.2) is 23.0 Å². The van der Waals surface area contributed by atoms with Crippen molar-refractivity contribution in [3.8, 4) is 23.0 Å². The summed E-state index contributed by atoms with van der Waals surface area (Å²) in [6, 6.07) is 11.3. The summed E-state index contributed by atoms with van der Waals surface area (Å²) >= 11 is 0. The molecule has 2 aliphatic rings. The van der Waals surface area contributed by atoms with Gasteiger partial charge in [-0.2, -0.15) is 0 Å². The van der Waals surface area contributed by atoms with E-state index < -0.39 is 17.8 Å². The fourth-order valence-corrected chi connectivity index (χ4v) is 5.62. The lowest BCUT2D eigenvalue weighted by Gasteiger charge is -2.38. The molecule has 40 heavy (non-hydrogen) atoms. The molecular formula is C32H39NO7. The summed E-state index contributed by atoms with van der Waals surface area (Å²) < 4.78 is 27.9. The number of hydrogen-bond donors (Lipinski definition) is 0. The van der Waals surface area contributed by atoms with Gasteiger partial charge >= 0.3 is 5.97 Å². The van der Waals surface area contributed by atoms with Gasteiger partial charge in [0.05, 0.1) is 46.0 Å². The molecule has 8 nitrogen and oxygen atoms in total. The molecule has 1 aliphatic carbocycles. The zero-order valence-corrected chi connectivity index (χ0v) is 24.4. The molecule has 1 saturated carbocycles. The predicted octanol–water partition coefficient (Wildman–Crippen LogP) is 5.89. The number of allylic oxidation sites excluding steroid dienone is 1. The monoisotopic (exact) mass is 549 g/mol. The largest absolute Gasteiger partial charge is 0.493 e. The van der Waals surface area contributed by atoms with Gasteiger partial charge < -0.3 is 23.7 Å². The third kappa shape index (κ3) is 5.86. The van der Waals surface area contributed by atoms with Crippen LogP contribution in [-0.4, -0.2) is 52.0 Å². The Morgan fingerprint density at radius 2 is 1.52 bits per heavy atom. The molecule has 0 aromatic heterocycles. The second-order valence-corrected chi connectivity index (χ2v) is 10.6. The van der Waals surface area contributed by atoms with Gasteiger partial charge in [-0.05, 0) is 67.5 Å². The van der Waals surface area contributed by atoms with Crippen molar-refractivity contribution in [2.75, 3.05) is 34.5 Å². The molecule has 2 aromatic carbocycles. The van der Waals surface area contributed by atoms with E-state index in [9.17, 15) is 9.59 Å². The van der Waals surface area contributed by atoms with Crippen LogP contribution in [0.25, 0.3) is 0 Å². The highest BCUT2D eigenvalue weighted by atomic mass is 16.5. The Labute approximate surface area is 236 Å². The van der Waals surface area contributed by atoms with Crippen molar-refractivity contribution < 1.29 is 33.3 Å². The van der Waals surface area contributed by atoms with Gasteiger partial charge in [0.2, 0.25) is 0 Å². The zero-order chi connectivity index (χ0) is 29.0. The Balaban J connectivity index is 1.78. The summed E-state index contributed by atoms with van der Waals surface area (Å²) in [6.07, 6.45) is 0.902. The van der Waals surface area contributed by atoms with Crippen LogP contribution in [0.5, 0.6) is 23.0 Å². The van der Waals surface area contributed by atoms with Crippen LogP contribution in [-0.2, 0) is 14.3 Å². The maximum Gasteiger partial charge on any atom is 0.336 e. The van der Waals surface area contributed by atoms with E-state index >= 15 is 0 Å². The number of esters is 1. The number of ketones is 1. The number of hydrogen-bond acceptors (Lipinski definition) is 8. The Bertz CT molecular complexity index is 1330. The molecule has 0 amide bonds. The van der Waals surface area contributed by atoms with E-state index in [0.717, 1.165) is 16.8 Å². The molecule has 1 aliphatic heterocycles. The van der Waals surface area contributed by atoms with Gasteiger partial charge in [-0.25, -0.2) is 4.79 Å². The molecule has 1 unspecified atom stereocenters. The Hall–Kier alpha value is -3.81. The fourth-order valence-electron chi connectivity index (χ4n) is 5.62. The number of methoxy groups -OCH3 is 3. The number of fused-ring (bicyclic) bond motifs is 1. The lowest BCUT2D eigenvalue weighted by atomic mass is 9.66. The van der Waals surface area contributed by atoms with E-state index in [1.807, 2.05) is 64.1 Å². The summed E-state index contributed by atoms with van der Waals surface area (Å²) in [5, 5.41) is 0. The lowest BCUT2D eigenvalue weighted by Crippen LogP contribution is -2.41. The molecular weight excluding hydrogens is 510 g/mol. The zero-order valence-electron chi connectivity index (χ0n) is 24.4. The number of ether oxygens (including phenoxy) is 5. The fraction of sp³-hybridized carbons (Fsp3) is 0.469. The molecule has 0 spiro atoms. The molecule has 0 radical (unpaired) electrons. The van der Waals surface area contributed by atoms with Crippen LogP contribution in [0.1, 0.15) is 63.5 Å². The van der Waals surface area contributed by atoms with E-state index in [-0.39, 0.29) is 24.2 Å². The lowest BCUT2D eigenvalue weighted by molar-refractivity contribution is -0.140. The maximum atomic E-state index is 14.0. The molecule has 1 heterocycles. The third-order valence-corrected chi connectivity index (χ3v) is 7.45. The number of nitrogens with zero attached hydrogens (tertiary/aromatic N) is 1. The minimum absolute atomic E-state index is 0.0318. The second kappa shape index (κ2) is 12.6. The van der Waals surface area contributed by atoms with Crippen LogP contribution in [0.3, 0.4) is 0 Å². The molecule has 2 aromatic rings. The van der Waals surface area contributed by atoms with Gasteiger partial charge in [-0.15, -0.1) is 0 Å². The first kappa shape index (κ1) is 29.2. The molecule has 0 bridgehead atoms. The van der Waals surface area contributed by atoms with E-state index in [1.165, 1.54) is 0 Å². The summed E-state index contributed by atoms with van der Waals surface area (Å²) in [6.45, 7) is 8.46. The SMILES string of the molecule is CCOc1ccc([C@H]2C(C(=O)OCC(C)C)=C(C)N=C3C[C@H](c4ccc(OC)c(OC)c4)CC(=O)C32)cc1OC. The topological polar surface area (TPSA) is 92.7 Å². The first-order valence-electron chi connectivity index (χ1n) is 13.7. The van der Waals surface area contributed by atoms with Crippen LogP contribution in [0.15, 0.2) is 52.7 Å². The number of Topliss-reactive ketones (excluding diaryl/α,β-unsaturated/α-hetero) is 1. The summed E-state index contributed by atoms with van der Waals surface area (Å²) in [7, 11) is 4.77. The maximum absolute atomic E-state index is 14.0. The molecule has 3 atom stereocenters. The predicted molar refractivity (Wildman–Crippen MR) is 153 cm³/mol. The number of rotatable bonds is 10. The standard InChI is InChI=1S/C32H39NO7/c1-8-39-26-12-10-21(16-28(26)38-7)30-29(32(35)40-17-18(2)3)19(4)33-23-13-22(14-24(34)31(23)30)20-9-11-25(36-5)27(15-20)37-6/h9-12,15-16,18,22,30-31H,8,13-14,17H2,1-7H3/t22-,30-,31?/m0/s1. The van der Waals surface area contributed by atoms with E-state index in [4.69, 9.17) is 28.7 Å². The highest BCUT2D eigenvalue weighted by molar-refractivity contribution is 6.12. The van der Waals surface area contributed by atoms with Crippen molar-refractivity contribution in [1.29, 1.82) is 0 Å². The number of carbonyl (C=O) groups excluding carboxylic acids is 2. The molecule has 0 saturated heterocycles. The Morgan fingerprint density at radius 3 is 2.17 bits per heavy atom. The van der Waals surface area contributed by atoms with E-state index in [1.54, 1.807) is 21.3 Å². The molecule has 4 rings (SSSR count). The van der Waals surface area contributed by atoms with E-state index in [2.05, 4.69) is 0 Å². The van der Waals surface area contributed by atoms with Crippen molar-refractivity contribution in [3.63, 3.8) is 0 Å². The van der Waals surface area contributed by atoms with Crippen molar-refractivity contribution >= 4 is 17.5 Å². The van der Waals surface area contributed by atoms with Crippen LogP contribution < -0.4 is 18.9 Å². The quantitative estimate of drug-likeness (QED) is 0.342. The Kier molecular flexibility index (Phi) is 9.17. The first-order chi connectivity index (χ1) is 19.2. The first-order valence-corrected chi connectivity index (χ1v) is 13.7. The van der Waals surface area contributed by atoms with Gasteiger partial charge in [0, 0.05) is 23.7 Å². The van der Waals surface area contributed by atoms with Gasteiger partial charge in [0.25, 0.3) is 0 Å². The van der Waals surface area contributed by atoms with Crippen molar-refractivity contribution in [2.24, 2.45) is 16.8 Å². The average molecular weight is 550 g/mol. The summed E-state index contributed by atoms with van der Waals surface area (Å²) in [5.74, 6) is 0.968. The molecule has 214 valence electrons. The summed E-state index contributed by atoms with van der Waals surface area (Å²) in [5.41, 5.74) is 3.52. The molecule has 0 N–H and O–H groups in total. The van der Waals surface area contributed by atoms with Crippen LogP contribution in [0.4, 0.5) is 0 Å². The van der Waals surface area contributed by atoms with Gasteiger partial charge in [-0.1, -0.05) is 26.0 Å². The van der Waals surface area contributed by atoms with Crippen LogP contribution in [0.2, 0.25) is 0 Å². The number of aliphatic imine (C=N–C) groups is 1. The van der Waals surface area contributed by atoms with Crippen molar-refractivity contribution in [3.05, 3.63) is 58.8 Å². The minimum Gasteiger partial charge on any atom is -0.493 e. The normalized spacial score (nSPS) is 20.6. The Morgan fingerprint density at radius 1 is 0.900 bits per heavy atom. The highest BCUT2D eigenvalue weighted by Crippen LogP contribution is 2.48. The number of benzene rings is 2. The molecule has 1 fully saturated rings. The van der Waals surface area contributed by atoms with Crippen molar-refractivity contribution in [1.82, 2.24) is 0 Å². The van der Waals surface area contributed by atoms with Crippen LogP contribution in [0, 0.1) is 11.8 Å². The second-order valence-electron chi connectivity index (χ2n) is 10.6.